The van der Waals surface area contributed by atoms with Crippen molar-refractivity contribution >= 4 is 11.5 Å². The Hall–Kier alpha value is -1.52. The third kappa shape index (κ3) is 3.48. The number of alkyl halides is 3. The van der Waals surface area contributed by atoms with Gasteiger partial charge in [0.05, 0.1) is 12.1 Å². The monoisotopic (exact) mass is 257 g/mol. The fourth-order valence-electron chi connectivity index (χ4n) is 1.99. The van der Waals surface area contributed by atoms with Crippen molar-refractivity contribution in [3.8, 4) is 0 Å². The highest BCUT2D eigenvalue weighted by molar-refractivity contribution is 5.91. The van der Waals surface area contributed by atoms with Crippen LogP contribution in [0.15, 0.2) is 24.3 Å². The van der Waals surface area contributed by atoms with Gasteiger partial charge in [0.15, 0.2) is 0 Å². The fraction of sp³-hybridized carbons (Fsp3) is 0.462. The van der Waals surface area contributed by atoms with Gasteiger partial charge in [-0.1, -0.05) is 6.07 Å². The second-order valence-electron chi connectivity index (χ2n) is 4.42. The summed E-state index contributed by atoms with van der Waals surface area (Å²) in [7, 11) is 0. The molecule has 1 heterocycles. The van der Waals surface area contributed by atoms with Crippen molar-refractivity contribution in [1.29, 1.82) is 0 Å². The highest BCUT2D eigenvalue weighted by Crippen LogP contribution is 2.30. The molecule has 2 nitrogen and oxygen atoms in total. The first-order valence-electron chi connectivity index (χ1n) is 6.10. The van der Waals surface area contributed by atoms with Crippen LogP contribution in [0.5, 0.6) is 0 Å². The molecule has 0 fully saturated rings. The van der Waals surface area contributed by atoms with E-state index >= 15 is 0 Å². The first-order valence-corrected chi connectivity index (χ1v) is 6.10. The molecule has 0 saturated heterocycles. The molecule has 18 heavy (non-hydrogen) atoms. The zero-order valence-corrected chi connectivity index (χ0v) is 9.98. The van der Waals surface area contributed by atoms with Gasteiger partial charge in [-0.15, -0.1) is 0 Å². The van der Waals surface area contributed by atoms with Crippen LogP contribution < -0.4 is 10.3 Å². The maximum Gasteiger partial charge on any atom is 0.416 e. The third-order valence-electron chi connectivity index (χ3n) is 2.93. The lowest BCUT2D eigenvalue weighted by atomic mass is 10.2. The lowest BCUT2D eigenvalue weighted by molar-refractivity contribution is -0.457. The van der Waals surface area contributed by atoms with Gasteiger partial charge in [-0.25, -0.2) is 5.32 Å². The summed E-state index contributed by atoms with van der Waals surface area (Å²) in [5.74, 6) is 0.909. The Morgan fingerprint density at radius 3 is 2.72 bits per heavy atom. The Bertz CT molecular complexity index is 438. The first-order chi connectivity index (χ1) is 8.55. The van der Waals surface area contributed by atoms with Crippen molar-refractivity contribution < 1.29 is 18.2 Å². The van der Waals surface area contributed by atoms with Crippen molar-refractivity contribution in [2.24, 2.45) is 0 Å². The molecule has 0 saturated carbocycles. The van der Waals surface area contributed by atoms with Crippen LogP contribution in [0, 0.1) is 0 Å². The minimum atomic E-state index is -4.29. The van der Waals surface area contributed by atoms with E-state index in [1.165, 1.54) is 6.07 Å². The smallest absolute Gasteiger partial charge is 0.278 e. The van der Waals surface area contributed by atoms with Crippen LogP contribution in [-0.4, -0.2) is 12.4 Å². The predicted octanol–water partition coefficient (Wildman–Crippen LogP) is 2.17. The van der Waals surface area contributed by atoms with Crippen molar-refractivity contribution in [1.82, 2.24) is 0 Å². The molecule has 0 atom stereocenters. The van der Waals surface area contributed by atoms with Crippen LogP contribution in [0.2, 0.25) is 0 Å². The van der Waals surface area contributed by atoms with Crippen LogP contribution in [-0.2, 0) is 6.18 Å². The number of amidine groups is 1. The second-order valence-corrected chi connectivity index (χ2v) is 4.42. The fourth-order valence-corrected chi connectivity index (χ4v) is 1.99. The molecular formula is C13H16F3N2+. The van der Waals surface area contributed by atoms with E-state index in [2.05, 4.69) is 10.3 Å². The number of rotatable bonds is 1. The topological polar surface area (TPSA) is 26.0 Å². The molecule has 0 aliphatic carbocycles. The van der Waals surface area contributed by atoms with E-state index in [1.807, 2.05) is 0 Å². The lowest BCUT2D eigenvalue weighted by Crippen LogP contribution is -2.74. The van der Waals surface area contributed by atoms with E-state index in [4.69, 9.17) is 0 Å². The lowest BCUT2D eigenvalue weighted by Gasteiger charge is -2.07. The molecule has 2 rings (SSSR count). The summed E-state index contributed by atoms with van der Waals surface area (Å²) in [4.78, 5) is 3.21. The molecule has 0 aromatic heterocycles. The maximum absolute atomic E-state index is 12.6. The molecule has 2 N–H and O–H groups in total. The maximum atomic E-state index is 12.6. The molecule has 0 radical (unpaired) electrons. The van der Waals surface area contributed by atoms with Crippen LogP contribution in [0.4, 0.5) is 18.9 Å². The normalized spacial score (nSPS) is 16.9. The van der Waals surface area contributed by atoms with E-state index in [1.54, 1.807) is 6.07 Å². The quantitative estimate of drug-likeness (QED) is 0.792. The Kier molecular flexibility index (Phi) is 3.89. The molecule has 1 aliphatic rings. The van der Waals surface area contributed by atoms with Crippen LogP contribution in [0.3, 0.4) is 0 Å². The highest BCUT2D eigenvalue weighted by Gasteiger charge is 2.30. The van der Waals surface area contributed by atoms with Gasteiger partial charge in [0, 0.05) is 6.42 Å². The average Bonchev–Trinajstić information content (AvgIpc) is 2.57. The van der Waals surface area contributed by atoms with E-state index in [0.717, 1.165) is 50.2 Å². The van der Waals surface area contributed by atoms with Gasteiger partial charge in [0.2, 0.25) is 5.84 Å². The van der Waals surface area contributed by atoms with Gasteiger partial charge in [-0.05, 0) is 37.5 Å². The summed E-state index contributed by atoms with van der Waals surface area (Å²) in [5, 5.41) is 3.04. The molecule has 0 amide bonds. The van der Waals surface area contributed by atoms with E-state index < -0.39 is 11.7 Å². The van der Waals surface area contributed by atoms with Crippen molar-refractivity contribution in [2.75, 3.05) is 11.9 Å². The molecular weight excluding hydrogens is 241 g/mol. The molecule has 0 unspecified atom stereocenters. The number of nitrogens with one attached hydrogen (secondary N) is 2. The number of benzene rings is 1. The summed E-state index contributed by atoms with van der Waals surface area (Å²) in [6.45, 7) is 0.876. The largest absolute Gasteiger partial charge is 0.416 e. The van der Waals surface area contributed by atoms with Gasteiger partial charge in [-0.2, -0.15) is 13.2 Å². The Balaban J connectivity index is 2.11. The average molecular weight is 257 g/mol. The minimum absolute atomic E-state index is 0.481. The Morgan fingerprint density at radius 1 is 1.11 bits per heavy atom. The standard InChI is InChI=1S/C13H15F3N2/c14-13(15,16)10-5-4-6-11(9-10)18-12-7-2-1-3-8-17-12/h4-6,9H,1-3,7-8H2,(H,17,18)/p+1. The molecule has 1 aliphatic heterocycles. The van der Waals surface area contributed by atoms with Crippen LogP contribution in [0.25, 0.3) is 0 Å². The van der Waals surface area contributed by atoms with Crippen molar-refractivity contribution in [3.63, 3.8) is 0 Å². The molecule has 98 valence electrons. The van der Waals surface area contributed by atoms with Crippen molar-refractivity contribution in [2.45, 2.75) is 31.9 Å². The highest BCUT2D eigenvalue weighted by atomic mass is 19.4. The molecule has 1 aromatic carbocycles. The van der Waals surface area contributed by atoms with Crippen molar-refractivity contribution in [3.05, 3.63) is 29.8 Å². The summed E-state index contributed by atoms with van der Waals surface area (Å²) in [6, 6.07) is 5.28. The molecule has 5 heteroatoms. The third-order valence-corrected chi connectivity index (χ3v) is 2.93. The minimum Gasteiger partial charge on any atom is -0.278 e. The second kappa shape index (κ2) is 5.42. The van der Waals surface area contributed by atoms with E-state index in [9.17, 15) is 13.2 Å². The summed E-state index contributed by atoms with van der Waals surface area (Å²) in [6.07, 6.45) is -0.113. The van der Waals surface area contributed by atoms with Gasteiger partial charge in [0.25, 0.3) is 0 Å². The molecule has 0 spiro atoms. The van der Waals surface area contributed by atoms with Gasteiger partial charge in [0.1, 0.15) is 5.69 Å². The zero-order valence-electron chi connectivity index (χ0n) is 9.98. The Morgan fingerprint density at radius 2 is 1.94 bits per heavy atom. The van der Waals surface area contributed by atoms with Gasteiger partial charge < -0.3 is 0 Å². The Labute approximate surface area is 104 Å². The van der Waals surface area contributed by atoms with E-state index in [-0.39, 0.29) is 0 Å². The number of anilines is 1. The summed E-state index contributed by atoms with van der Waals surface area (Å²) >= 11 is 0. The molecule has 1 aromatic rings. The SMILES string of the molecule is FC(F)(F)c1cccc(NC2=[NH+]CCCCC2)c1. The summed E-state index contributed by atoms with van der Waals surface area (Å²) < 4.78 is 37.7. The van der Waals surface area contributed by atoms with Crippen LogP contribution >= 0.6 is 0 Å². The number of hydrogen-bond acceptors (Lipinski definition) is 1. The molecule has 0 bridgehead atoms. The predicted molar refractivity (Wildman–Crippen MR) is 64.4 cm³/mol. The van der Waals surface area contributed by atoms with Gasteiger partial charge >= 0.3 is 6.18 Å². The number of halogens is 3. The zero-order chi connectivity index (χ0) is 13.0. The summed E-state index contributed by atoms with van der Waals surface area (Å²) in [5.41, 5.74) is -0.143. The van der Waals surface area contributed by atoms with Gasteiger partial charge in [-0.3, -0.25) is 4.99 Å². The number of hydrogen-bond donors (Lipinski definition) is 2. The first kappa shape index (κ1) is 12.9. The van der Waals surface area contributed by atoms with Crippen LogP contribution in [0.1, 0.15) is 31.2 Å². The van der Waals surface area contributed by atoms with E-state index in [0.29, 0.717) is 5.69 Å².